The van der Waals surface area contributed by atoms with Gasteiger partial charge in [-0.1, -0.05) is 29.8 Å². The van der Waals surface area contributed by atoms with E-state index in [0.717, 1.165) is 5.56 Å². The number of ketones is 1. The fraction of sp³-hybridized carbons (Fsp3) is 0.462. The third kappa shape index (κ3) is 3.06. The van der Waals surface area contributed by atoms with Crippen molar-refractivity contribution in [1.29, 1.82) is 0 Å². The Labute approximate surface area is 101 Å². The molecule has 86 valence electrons. The SMILES string of the molecule is NC(CC(=O)Cc1ccccc1Cl)C1CC1. The Hall–Kier alpha value is -0.860. The smallest absolute Gasteiger partial charge is 0.138 e. The van der Waals surface area contributed by atoms with Crippen molar-refractivity contribution in [3.63, 3.8) is 0 Å². The Morgan fingerprint density at radius 2 is 2.12 bits per heavy atom. The normalized spacial score (nSPS) is 17.1. The van der Waals surface area contributed by atoms with Crippen molar-refractivity contribution in [2.45, 2.75) is 31.7 Å². The Balaban J connectivity index is 1.89. The molecule has 0 aliphatic heterocycles. The molecule has 2 N–H and O–H groups in total. The summed E-state index contributed by atoms with van der Waals surface area (Å²) in [5.74, 6) is 0.766. The Morgan fingerprint density at radius 3 is 2.75 bits per heavy atom. The van der Waals surface area contributed by atoms with E-state index < -0.39 is 0 Å². The van der Waals surface area contributed by atoms with Crippen LogP contribution in [0.2, 0.25) is 5.02 Å². The van der Waals surface area contributed by atoms with E-state index in [9.17, 15) is 4.79 Å². The highest BCUT2D eigenvalue weighted by Gasteiger charge is 2.29. The van der Waals surface area contributed by atoms with Crippen LogP contribution in [0.15, 0.2) is 24.3 Å². The Kier molecular flexibility index (Phi) is 3.62. The van der Waals surface area contributed by atoms with E-state index in [0.29, 0.717) is 23.8 Å². The number of Topliss-reactive ketones (excluding diaryl/α,β-unsaturated/α-hetero) is 1. The van der Waals surface area contributed by atoms with E-state index in [1.807, 2.05) is 24.3 Å². The average molecular weight is 238 g/mol. The van der Waals surface area contributed by atoms with Crippen LogP contribution in [0.5, 0.6) is 0 Å². The van der Waals surface area contributed by atoms with E-state index in [2.05, 4.69) is 0 Å². The molecular weight excluding hydrogens is 222 g/mol. The van der Waals surface area contributed by atoms with Gasteiger partial charge < -0.3 is 5.73 Å². The highest BCUT2D eigenvalue weighted by molar-refractivity contribution is 6.31. The molecule has 0 bridgehead atoms. The monoisotopic (exact) mass is 237 g/mol. The number of benzene rings is 1. The van der Waals surface area contributed by atoms with Crippen LogP contribution in [-0.4, -0.2) is 11.8 Å². The summed E-state index contributed by atoms with van der Waals surface area (Å²) in [4.78, 5) is 11.8. The highest BCUT2D eigenvalue weighted by Crippen LogP contribution is 2.33. The number of nitrogens with two attached hydrogens (primary N) is 1. The van der Waals surface area contributed by atoms with Crippen LogP contribution in [-0.2, 0) is 11.2 Å². The van der Waals surface area contributed by atoms with Crippen LogP contribution in [0.1, 0.15) is 24.8 Å². The maximum absolute atomic E-state index is 11.8. The molecule has 0 heterocycles. The molecule has 16 heavy (non-hydrogen) atoms. The molecule has 1 aliphatic rings. The molecule has 3 heteroatoms. The fourth-order valence-electron chi connectivity index (χ4n) is 1.88. The molecule has 1 aromatic carbocycles. The summed E-state index contributed by atoms with van der Waals surface area (Å²) in [6, 6.07) is 7.52. The highest BCUT2D eigenvalue weighted by atomic mass is 35.5. The quantitative estimate of drug-likeness (QED) is 0.856. The van der Waals surface area contributed by atoms with Crippen LogP contribution in [0.4, 0.5) is 0 Å². The Morgan fingerprint density at radius 1 is 1.44 bits per heavy atom. The van der Waals surface area contributed by atoms with Gasteiger partial charge in [-0.3, -0.25) is 4.79 Å². The van der Waals surface area contributed by atoms with Gasteiger partial charge in [0.25, 0.3) is 0 Å². The summed E-state index contributed by atoms with van der Waals surface area (Å²) in [6.45, 7) is 0. The van der Waals surface area contributed by atoms with E-state index >= 15 is 0 Å². The van der Waals surface area contributed by atoms with Gasteiger partial charge in [-0.15, -0.1) is 0 Å². The van der Waals surface area contributed by atoms with Gasteiger partial charge in [0.05, 0.1) is 0 Å². The van der Waals surface area contributed by atoms with Crippen molar-refractivity contribution in [3.8, 4) is 0 Å². The third-order valence-electron chi connectivity index (χ3n) is 3.04. The van der Waals surface area contributed by atoms with Crippen molar-refractivity contribution < 1.29 is 4.79 Å². The van der Waals surface area contributed by atoms with Crippen LogP contribution >= 0.6 is 11.6 Å². The molecule has 2 nitrogen and oxygen atoms in total. The topological polar surface area (TPSA) is 43.1 Å². The minimum atomic E-state index is 0.0509. The second kappa shape index (κ2) is 4.98. The zero-order valence-electron chi connectivity index (χ0n) is 9.16. The zero-order valence-corrected chi connectivity index (χ0v) is 9.91. The van der Waals surface area contributed by atoms with Gasteiger partial charge in [-0.25, -0.2) is 0 Å². The maximum atomic E-state index is 11.8. The van der Waals surface area contributed by atoms with Crippen molar-refractivity contribution in [1.82, 2.24) is 0 Å². The third-order valence-corrected chi connectivity index (χ3v) is 3.41. The summed E-state index contributed by atoms with van der Waals surface area (Å²) in [5.41, 5.74) is 6.82. The van der Waals surface area contributed by atoms with Gasteiger partial charge in [0.2, 0.25) is 0 Å². The lowest BCUT2D eigenvalue weighted by molar-refractivity contribution is -0.118. The second-order valence-corrected chi connectivity index (χ2v) is 4.92. The largest absolute Gasteiger partial charge is 0.327 e. The number of rotatable bonds is 5. The van der Waals surface area contributed by atoms with Crippen LogP contribution in [0, 0.1) is 5.92 Å². The molecule has 0 aromatic heterocycles. The number of hydrogen-bond acceptors (Lipinski definition) is 2. The molecule has 1 aromatic rings. The van der Waals surface area contributed by atoms with Gasteiger partial charge in [-0.05, 0) is 30.4 Å². The molecule has 0 saturated heterocycles. The molecule has 0 amide bonds. The summed E-state index contributed by atoms with van der Waals surface area (Å²) < 4.78 is 0. The lowest BCUT2D eigenvalue weighted by Crippen LogP contribution is -2.26. The standard InChI is InChI=1S/C13H16ClNO/c14-12-4-2-1-3-10(12)7-11(16)8-13(15)9-5-6-9/h1-4,9,13H,5-8,15H2. The van der Waals surface area contributed by atoms with E-state index in [-0.39, 0.29) is 11.8 Å². The number of hydrogen-bond donors (Lipinski definition) is 1. The van der Waals surface area contributed by atoms with E-state index in [1.165, 1.54) is 12.8 Å². The first-order valence-corrected chi connectivity index (χ1v) is 6.05. The molecule has 1 aliphatic carbocycles. The van der Waals surface area contributed by atoms with Crippen LogP contribution in [0.25, 0.3) is 0 Å². The van der Waals surface area contributed by atoms with Crippen LogP contribution < -0.4 is 5.73 Å². The molecule has 1 atom stereocenters. The molecule has 2 rings (SSSR count). The molecule has 0 radical (unpaired) electrons. The van der Waals surface area contributed by atoms with E-state index in [4.69, 9.17) is 17.3 Å². The molecule has 1 saturated carbocycles. The molecular formula is C13H16ClNO. The van der Waals surface area contributed by atoms with Crippen LogP contribution in [0.3, 0.4) is 0 Å². The van der Waals surface area contributed by atoms with Crippen molar-refractivity contribution in [2.24, 2.45) is 11.7 Å². The number of carbonyl (C=O) groups is 1. The molecule has 1 fully saturated rings. The van der Waals surface area contributed by atoms with Crippen molar-refractivity contribution in [3.05, 3.63) is 34.9 Å². The first-order valence-electron chi connectivity index (χ1n) is 5.67. The Bertz CT molecular complexity index is 387. The maximum Gasteiger partial charge on any atom is 0.138 e. The van der Waals surface area contributed by atoms with Gasteiger partial charge in [0, 0.05) is 23.9 Å². The second-order valence-electron chi connectivity index (χ2n) is 4.51. The minimum Gasteiger partial charge on any atom is -0.327 e. The lowest BCUT2D eigenvalue weighted by Gasteiger charge is -2.09. The van der Waals surface area contributed by atoms with Crippen molar-refractivity contribution >= 4 is 17.4 Å². The minimum absolute atomic E-state index is 0.0509. The predicted octanol–water partition coefficient (Wildman–Crippen LogP) is 2.58. The van der Waals surface area contributed by atoms with Gasteiger partial charge in [0.1, 0.15) is 5.78 Å². The summed E-state index contributed by atoms with van der Waals surface area (Å²) in [7, 11) is 0. The van der Waals surface area contributed by atoms with E-state index in [1.54, 1.807) is 0 Å². The first-order chi connectivity index (χ1) is 7.66. The fourth-order valence-corrected chi connectivity index (χ4v) is 2.08. The zero-order chi connectivity index (χ0) is 11.5. The summed E-state index contributed by atoms with van der Waals surface area (Å²) >= 11 is 6.00. The number of halogens is 1. The predicted molar refractivity (Wildman–Crippen MR) is 65.5 cm³/mol. The molecule has 1 unspecified atom stereocenters. The van der Waals surface area contributed by atoms with Gasteiger partial charge in [-0.2, -0.15) is 0 Å². The van der Waals surface area contributed by atoms with Crippen molar-refractivity contribution in [2.75, 3.05) is 0 Å². The first kappa shape index (κ1) is 11.6. The number of carbonyl (C=O) groups excluding carboxylic acids is 1. The molecule has 0 spiro atoms. The summed E-state index contributed by atoms with van der Waals surface area (Å²) in [6.07, 6.45) is 3.25. The average Bonchev–Trinajstić information content (AvgIpc) is 3.04. The van der Waals surface area contributed by atoms with Gasteiger partial charge >= 0.3 is 0 Å². The summed E-state index contributed by atoms with van der Waals surface area (Å²) in [5, 5.41) is 0.663. The van der Waals surface area contributed by atoms with Gasteiger partial charge in [0.15, 0.2) is 0 Å². The lowest BCUT2D eigenvalue weighted by atomic mass is 10.0.